The summed E-state index contributed by atoms with van der Waals surface area (Å²) in [6, 6.07) is 0. The molecule has 1 N–H and O–H groups in total. The molecule has 1 aromatic rings. The number of nitrogens with zero attached hydrogens (tertiary/aromatic N) is 1. The van der Waals surface area contributed by atoms with Crippen molar-refractivity contribution in [3.63, 3.8) is 0 Å². The molecule has 110 valence electrons. The van der Waals surface area contributed by atoms with E-state index in [1.807, 2.05) is 6.92 Å². The maximum atomic E-state index is 11.9. The van der Waals surface area contributed by atoms with Gasteiger partial charge in [-0.3, -0.25) is 4.79 Å². The molecule has 0 bridgehead atoms. The van der Waals surface area contributed by atoms with E-state index in [1.54, 1.807) is 11.3 Å². The van der Waals surface area contributed by atoms with Crippen molar-refractivity contribution in [1.29, 1.82) is 0 Å². The normalized spacial score (nSPS) is 28.4. The van der Waals surface area contributed by atoms with E-state index in [0.717, 1.165) is 36.7 Å². The van der Waals surface area contributed by atoms with Crippen LogP contribution >= 0.6 is 11.3 Å². The Balaban J connectivity index is 1.74. The number of hydrogen-bond donors (Lipinski definition) is 1. The van der Waals surface area contributed by atoms with Gasteiger partial charge in [0.2, 0.25) is 0 Å². The van der Waals surface area contributed by atoms with Crippen molar-refractivity contribution >= 4 is 22.4 Å². The van der Waals surface area contributed by atoms with Crippen molar-refractivity contribution in [2.45, 2.75) is 44.6 Å². The van der Waals surface area contributed by atoms with Gasteiger partial charge in [0.1, 0.15) is 5.92 Å². The summed E-state index contributed by atoms with van der Waals surface area (Å²) in [5.74, 6) is -0.317. The third kappa shape index (κ3) is 2.54. The quantitative estimate of drug-likeness (QED) is 0.864. The van der Waals surface area contributed by atoms with Gasteiger partial charge in [0.05, 0.1) is 24.4 Å². The number of hydrogen-bond acceptors (Lipinski definition) is 6. The van der Waals surface area contributed by atoms with Gasteiger partial charge in [-0.25, -0.2) is 4.98 Å². The second-order valence-electron chi connectivity index (χ2n) is 5.66. The molecule has 1 saturated heterocycles. The fourth-order valence-corrected chi connectivity index (χ4v) is 3.96. The SMILES string of the molecule is CCOC(=O)C1CCc2sc(NC3(C)CCOC3)nc21. The Labute approximate surface area is 122 Å². The summed E-state index contributed by atoms with van der Waals surface area (Å²) in [5.41, 5.74) is 0.879. The first-order valence-electron chi connectivity index (χ1n) is 7.13. The third-order valence-electron chi connectivity index (χ3n) is 3.92. The van der Waals surface area contributed by atoms with Crippen LogP contribution in [0, 0.1) is 0 Å². The number of thiazole rings is 1. The highest BCUT2D eigenvalue weighted by atomic mass is 32.1. The standard InChI is InChI=1S/C14H20N2O3S/c1-3-19-12(17)9-4-5-10-11(9)15-13(20-10)16-14(2)6-7-18-8-14/h9H,3-8H2,1-2H3,(H,15,16). The van der Waals surface area contributed by atoms with Crippen LogP contribution in [-0.4, -0.2) is 36.3 Å². The van der Waals surface area contributed by atoms with E-state index in [-0.39, 0.29) is 17.4 Å². The molecule has 2 unspecified atom stereocenters. The Kier molecular flexibility index (Phi) is 3.69. The molecule has 0 saturated carbocycles. The van der Waals surface area contributed by atoms with Gasteiger partial charge in [0, 0.05) is 11.5 Å². The van der Waals surface area contributed by atoms with Crippen LogP contribution in [0.25, 0.3) is 0 Å². The number of ether oxygens (including phenoxy) is 2. The van der Waals surface area contributed by atoms with E-state index in [1.165, 1.54) is 4.88 Å². The molecular weight excluding hydrogens is 276 g/mol. The zero-order valence-corrected chi connectivity index (χ0v) is 12.7. The molecule has 1 aliphatic heterocycles. The fourth-order valence-electron chi connectivity index (χ4n) is 2.78. The predicted octanol–water partition coefficient (Wildman–Crippen LogP) is 2.33. The maximum absolute atomic E-state index is 11.9. The monoisotopic (exact) mass is 296 g/mol. The van der Waals surface area contributed by atoms with Crippen LogP contribution in [0.15, 0.2) is 0 Å². The highest BCUT2D eigenvalue weighted by molar-refractivity contribution is 7.15. The van der Waals surface area contributed by atoms with Crippen LogP contribution in [-0.2, 0) is 20.7 Å². The second-order valence-corrected chi connectivity index (χ2v) is 6.74. The van der Waals surface area contributed by atoms with E-state index in [9.17, 15) is 4.79 Å². The minimum Gasteiger partial charge on any atom is -0.465 e. The number of nitrogens with one attached hydrogen (secondary N) is 1. The van der Waals surface area contributed by atoms with Gasteiger partial charge in [0.15, 0.2) is 5.13 Å². The van der Waals surface area contributed by atoms with Crippen LogP contribution < -0.4 is 5.32 Å². The van der Waals surface area contributed by atoms with Crippen LogP contribution in [0.1, 0.15) is 43.2 Å². The van der Waals surface area contributed by atoms with E-state index < -0.39 is 0 Å². The molecule has 3 rings (SSSR count). The number of aromatic nitrogens is 1. The molecule has 0 amide bonds. The summed E-state index contributed by atoms with van der Waals surface area (Å²) >= 11 is 1.66. The first-order chi connectivity index (χ1) is 9.61. The number of esters is 1. The molecule has 2 atom stereocenters. The summed E-state index contributed by atoms with van der Waals surface area (Å²) in [5, 5.41) is 4.37. The van der Waals surface area contributed by atoms with Crippen LogP contribution in [0.5, 0.6) is 0 Å². The molecule has 5 nitrogen and oxygen atoms in total. The van der Waals surface area contributed by atoms with Crippen molar-refractivity contribution in [2.24, 2.45) is 0 Å². The molecule has 1 aliphatic carbocycles. The Hall–Kier alpha value is -1.14. The minimum atomic E-state index is -0.176. The van der Waals surface area contributed by atoms with E-state index in [0.29, 0.717) is 13.2 Å². The van der Waals surface area contributed by atoms with Gasteiger partial charge in [0.25, 0.3) is 0 Å². The number of carbonyl (C=O) groups excluding carboxylic acids is 1. The number of fused-ring (bicyclic) bond motifs is 1. The Bertz CT molecular complexity index is 509. The lowest BCUT2D eigenvalue weighted by Gasteiger charge is -2.22. The lowest BCUT2D eigenvalue weighted by atomic mass is 10.0. The average Bonchev–Trinajstić information content (AvgIpc) is 3.05. The maximum Gasteiger partial charge on any atom is 0.315 e. The van der Waals surface area contributed by atoms with Crippen LogP contribution in [0.4, 0.5) is 5.13 Å². The third-order valence-corrected chi connectivity index (χ3v) is 4.96. The molecule has 0 aromatic carbocycles. The molecule has 6 heteroatoms. The van der Waals surface area contributed by atoms with Crippen molar-refractivity contribution in [2.75, 3.05) is 25.1 Å². The first-order valence-corrected chi connectivity index (χ1v) is 7.95. The number of aryl methyl sites for hydroxylation is 1. The van der Waals surface area contributed by atoms with E-state index in [4.69, 9.17) is 9.47 Å². The second kappa shape index (κ2) is 5.33. The average molecular weight is 296 g/mol. The summed E-state index contributed by atoms with van der Waals surface area (Å²) in [6.45, 7) is 5.91. The highest BCUT2D eigenvalue weighted by Gasteiger charge is 2.35. The first kappa shape index (κ1) is 13.8. The number of anilines is 1. The molecule has 1 aromatic heterocycles. The number of carbonyl (C=O) groups is 1. The molecule has 2 aliphatic rings. The summed E-state index contributed by atoms with van der Waals surface area (Å²) < 4.78 is 10.6. The molecule has 1 fully saturated rings. The summed E-state index contributed by atoms with van der Waals surface area (Å²) in [6.07, 6.45) is 2.73. The molecule has 0 radical (unpaired) electrons. The van der Waals surface area contributed by atoms with E-state index in [2.05, 4.69) is 17.2 Å². The zero-order chi connectivity index (χ0) is 14.2. The fraction of sp³-hybridized carbons (Fsp3) is 0.714. The lowest BCUT2D eigenvalue weighted by molar-refractivity contribution is -0.145. The zero-order valence-electron chi connectivity index (χ0n) is 11.9. The molecule has 0 spiro atoms. The highest BCUT2D eigenvalue weighted by Crippen LogP contribution is 2.40. The Morgan fingerprint density at radius 2 is 2.50 bits per heavy atom. The smallest absolute Gasteiger partial charge is 0.315 e. The van der Waals surface area contributed by atoms with Crippen molar-refractivity contribution in [3.05, 3.63) is 10.6 Å². The van der Waals surface area contributed by atoms with Crippen molar-refractivity contribution in [3.8, 4) is 0 Å². The van der Waals surface area contributed by atoms with Gasteiger partial charge in [-0.05, 0) is 33.1 Å². The molecular formula is C14H20N2O3S. The molecule has 2 heterocycles. The van der Waals surface area contributed by atoms with Gasteiger partial charge in [-0.2, -0.15) is 0 Å². The number of rotatable bonds is 4. The predicted molar refractivity (Wildman–Crippen MR) is 77.3 cm³/mol. The van der Waals surface area contributed by atoms with Crippen molar-refractivity contribution < 1.29 is 14.3 Å². The lowest BCUT2D eigenvalue weighted by Crippen LogP contribution is -2.34. The van der Waals surface area contributed by atoms with Gasteiger partial charge in [-0.1, -0.05) is 0 Å². The molecule has 20 heavy (non-hydrogen) atoms. The minimum absolute atomic E-state index is 0.0367. The van der Waals surface area contributed by atoms with Crippen molar-refractivity contribution in [1.82, 2.24) is 4.98 Å². The summed E-state index contributed by atoms with van der Waals surface area (Å²) in [7, 11) is 0. The Morgan fingerprint density at radius 1 is 1.65 bits per heavy atom. The van der Waals surface area contributed by atoms with Crippen LogP contribution in [0.3, 0.4) is 0 Å². The van der Waals surface area contributed by atoms with Gasteiger partial charge in [-0.15, -0.1) is 11.3 Å². The summed E-state index contributed by atoms with van der Waals surface area (Å²) in [4.78, 5) is 17.8. The van der Waals surface area contributed by atoms with Gasteiger partial charge < -0.3 is 14.8 Å². The van der Waals surface area contributed by atoms with Gasteiger partial charge >= 0.3 is 5.97 Å². The largest absolute Gasteiger partial charge is 0.465 e. The van der Waals surface area contributed by atoms with E-state index >= 15 is 0 Å². The topological polar surface area (TPSA) is 60.5 Å². The Morgan fingerprint density at radius 3 is 3.20 bits per heavy atom. The van der Waals surface area contributed by atoms with Crippen LogP contribution in [0.2, 0.25) is 0 Å².